The predicted molar refractivity (Wildman–Crippen MR) is 70.1 cm³/mol. The summed E-state index contributed by atoms with van der Waals surface area (Å²) >= 11 is 0. The molecule has 1 aliphatic rings. The molecule has 20 heavy (non-hydrogen) atoms. The summed E-state index contributed by atoms with van der Waals surface area (Å²) in [4.78, 5) is 10.6. The molecule has 0 radical (unpaired) electrons. The van der Waals surface area contributed by atoms with Crippen LogP contribution in [0.5, 0.6) is 0 Å². The van der Waals surface area contributed by atoms with Crippen molar-refractivity contribution < 1.29 is 14.5 Å². The molecule has 0 atom stereocenters. The molecule has 1 fully saturated rings. The number of anilines is 1. The van der Waals surface area contributed by atoms with Gasteiger partial charge in [0.1, 0.15) is 0 Å². The number of nitrogens with zero attached hydrogens (tertiary/aromatic N) is 3. The Hall–Kier alpha value is -2.38. The van der Waals surface area contributed by atoms with E-state index in [0.717, 1.165) is 25.7 Å². The molecule has 1 aromatic carbocycles. The van der Waals surface area contributed by atoms with Crippen molar-refractivity contribution in [2.24, 2.45) is 0 Å². The first-order chi connectivity index (χ1) is 9.66. The summed E-state index contributed by atoms with van der Waals surface area (Å²) in [6.07, 6.45) is 5.58. The number of nitro groups is 1. The Morgan fingerprint density at radius 1 is 1.35 bits per heavy atom. The smallest absolute Gasteiger partial charge is 0.327 e. The molecule has 1 N–H and O–H groups in total. The van der Waals surface area contributed by atoms with Crippen LogP contribution in [0.2, 0.25) is 0 Å². The fraction of sp³-hybridized carbons (Fsp3) is 0.500. The number of hydrogen-bond donors (Lipinski definition) is 1. The van der Waals surface area contributed by atoms with Crippen LogP contribution in [0.15, 0.2) is 16.8 Å². The Morgan fingerprint density at radius 3 is 2.80 bits per heavy atom. The summed E-state index contributed by atoms with van der Waals surface area (Å²) in [6.45, 7) is 0. The van der Waals surface area contributed by atoms with Crippen molar-refractivity contribution in [2.75, 3.05) is 5.32 Å². The van der Waals surface area contributed by atoms with Gasteiger partial charge in [0, 0.05) is 12.1 Å². The third kappa shape index (κ3) is 2.13. The van der Waals surface area contributed by atoms with Crippen molar-refractivity contribution in [3.63, 3.8) is 0 Å². The van der Waals surface area contributed by atoms with Crippen molar-refractivity contribution in [1.29, 1.82) is 0 Å². The average molecular weight is 278 g/mol. The molecule has 8 nitrogen and oxygen atoms in total. The van der Waals surface area contributed by atoms with Gasteiger partial charge in [-0.2, -0.15) is 0 Å². The highest BCUT2D eigenvalue weighted by Crippen LogP contribution is 2.30. The van der Waals surface area contributed by atoms with Crippen molar-refractivity contribution in [2.45, 2.75) is 38.1 Å². The molecule has 3 rings (SSSR count). The highest BCUT2D eigenvalue weighted by molar-refractivity contribution is 5.91. The minimum absolute atomic E-state index is 0.0224. The third-order valence-corrected chi connectivity index (χ3v) is 3.68. The number of rotatable bonds is 3. The summed E-state index contributed by atoms with van der Waals surface area (Å²) in [5, 5.41) is 29.3. The molecule has 1 aromatic heterocycles. The molecule has 0 aliphatic heterocycles. The van der Waals surface area contributed by atoms with Crippen LogP contribution in [0.4, 0.5) is 11.4 Å². The lowest BCUT2D eigenvalue weighted by atomic mass is 9.95. The van der Waals surface area contributed by atoms with Crippen LogP contribution < -0.4 is 10.2 Å². The number of hydrogen-bond acceptors (Lipinski definition) is 6. The molecule has 0 unspecified atom stereocenters. The second kappa shape index (κ2) is 4.95. The number of nitro benzene ring substituents is 1. The lowest BCUT2D eigenvalue weighted by Crippen LogP contribution is -2.27. The SMILES string of the molecule is O=[N+]([O-])c1ccc(NC2CCCCC2)c2c1no[n+]2[O-]. The van der Waals surface area contributed by atoms with Crippen LogP contribution in [-0.4, -0.2) is 16.1 Å². The monoisotopic (exact) mass is 278 g/mol. The fourth-order valence-corrected chi connectivity index (χ4v) is 2.69. The summed E-state index contributed by atoms with van der Waals surface area (Å²) in [6, 6.07) is 3.17. The molecule has 106 valence electrons. The Bertz CT molecular complexity index is 648. The van der Waals surface area contributed by atoms with Gasteiger partial charge in [0.25, 0.3) is 5.52 Å². The van der Waals surface area contributed by atoms with Crippen LogP contribution in [0, 0.1) is 15.3 Å². The van der Waals surface area contributed by atoms with E-state index in [0.29, 0.717) is 5.69 Å². The number of benzene rings is 1. The largest absolute Gasteiger partial charge is 0.379 e. The van der Waals surface area contributed by atoms with Gasteiger partial charge >= 0.3 is 11.2 Å². The Labute approximate surface area is 114 Å². The first-order valence-corrected chi connectivity index (χ1v) is 6.60. The number of nitrogens with one attached hydrogen (secondary N) is 1. The Kier molecular flexibility index (Phi) is 3.13. The maximum atomic E-state index is 11.6. The first kappa shape index (κ1) is 12.6. The van der Waals surface area contributed by atoms with Gasteiger partial charge < -0.3 is 10.5 Å². The lowest BCUT2D eigenvalue weighted by Gasteiger charge is -2.23. The Morgan fingerprint density at radius 2 is 2.10 bits per heavy atom. The molecular formula is C12H14N4O4. The number of fused-ring (bicyclic) bond motifs is 1. The van der Waals surface area contributed by atoms with Gasteiger partial charge in [0.15, 0.2) is 0 Å². The topological polar surface area (TPSA) is 108 Å². The minimum Gasteiger partial charge on any atom is -0.379 e. The van der Waals surface area contributed by atoms with Gasteiger partial charge in [0.2, 0.25) is 0 Å². The van der Waals surface area contributed by atoms with Crippen LogP contribution in [0.1, 0.15) is 32.1 Å². The van der Waals surface area contributed by atoms with E-state index in [1.165, 1.54) is 12.5 Å². The molecule has 1 saturated carbocycles. The highest BCUT2D eigenvalue weighted by atomic mass is 16.8. The normalized spacial score (nSPS) is 16.4. The van der Waals surface area contributed by atoms with Crippen LogP contribution in [0.3, 0.4) is 0 Å². The molecule has 0 amide bonds. The predicted octanol–water partition coefficient (Wildman–Crippen LogP) is 2.11. The summed E-state index contributed by atoms with van der Waals surface area (Å²) in [7, 11) is 0. The first-order valence-electron chi connectivity index (χ1n) is 6.60. The molecule has 2 aromatic rings. The van der Waals surface area contributed by atoms with E-state index in [-0.39, 0.29) is 27.7 Å². The van der Waals surface area contributed by atoms with E-state index in [1.807, 2.05) is 0 Å². The summed E-state index contributed by atoms with van der Waals surface area (Å²) in [5.41, 5.74) is 0.372. The third-order valence-electron chi connectivity index (χ3n) is 3.68. The maximum Gasteiger partial charge on any atom is 0.327 e. The van der Waals surface area contributed by atoms with E-state index >= 15 is 0 Å². The number of aromatic nitrogens is 2. The van der Waals surface area contributed by atoms with Crippen LogP contribution >= 0.6 is 0 Å². The minimum atomic E-state index is -0.574. The highest BCUT2D eigenvalue weighted by Gasteiger charge is 2.27. The summed E-state index contributed by atoms with van der Waals surface area (Å²) in [5.74, 6) is 0. The molecule has 1 aliphatic carbocycles. The van der Waals surface area contributed by atoms with Crippen molar-refractivity contribution in [1.82, 2.24) is 5.16 Å². The molecule has 1 heterocycles. The van der Waals surface area contributed by atoms with Crippen molar-refractivity contribution >= 4 is 22.4 Å². The van der Waals surface area contributed by atoms with Crippen molar-refractivity contribution in [3.05, 3.63) is 27.5 Å². The molecule has 0 saturated heterocycles. The van der Waals surface area contributed by atoms with Crippen LogP contribution in [-0.2, 0) is 0 Å². The zero-order chi connectivity index (χ0) is 14.1. The number of non-ortho nitro benzene ring substituents is 1. The Balaban J connectivity index is 2.00. The lowest BCUT2D eigenvalue weighted by molar-refractivity contribution is -0.781. The zero-order valence-electron chi connectivity index (χ0n) is 10.7. The van der Waals surface area contributed by atoms with E-state index in [1.54, 1.807) is 6.07 Å². The van der Waals surface area contributed by atoms with E-state index in [2.05, 4.69) is 15.1 Å². The quantitative estimate of drug-likeness (QED) is 0.523. The van der Waals surface area contributed by atoms with E-state index < -0.39 is 4.92 Å². The fourth-order valence-electron chi connectivity index (χ4n) is 2.69. The molecule has 0 spiro atoms. The maximum absolute atomic E-state index is 11.6. The van der Waals surface area contributed by atoms with Gasteiger partial charge in [-0.25, -0.2) is 0 Å². The van der Waals surface area contributed by atoms with Gasteiger partial charge in [-0.05, 0) is 23.8 Å². The van der Waals surface area contributed by atoms with Crippen molar-refractivity contribution in [3.8, 4) is 0 Å². The average Bonchev–Trinajstić information content (AvgIpc) is 2.83. The van der Waals surface area contributed by atoms with Gasteiger partial charge in [-0.15, -0.1) is 0 Å². The van der Waals surface area contributed by atoms with Crippen LogP contribution in [0.25, 0.3) is 11.0 Å². The molecule has 0 bridgehead atoms. The standard InChI is InChI=1S/C12H14N4O4/c17-15(18)10-7-6-9(12-11(10)14-20-16(12)19)13-8-4-2-1-3-5-8/h6-8,13H,1-5H2. The second-order valence-corrected chi connectivity index (χ2v) is 5.00. The second-order valence-electron chi connectivity index (χ2n) is 5.00. The van der Waals surface area contributed by atoms with Gasteiger partial charge in [-0.3, -0.25) is 14.7 Å². The summed E-state index contributed by atoms with van der Waals surface area (Å²) < 4.78 is 4.50. The molecular weight excluding hydrogens is 264 g/mol. The zero-order valence-corrected chi connectivity index (χ0v) is 10.7. The van der Waals surface area contributed by atoms with Gasteiger partial charge in [0.05, 0.1) is 15.8 Å². The molecule has 8 heteroatoms. The van der Waals surface area contributed by atoms with E-state index in [9.17, 15) is 15.3 Å². The van der Waals surface area contributed by atoms with Gasteiger partial charge in [-0.1, -0.05) is 19.3 Å². The van der Waals surface area contributed by atoms with E-state index in [4.69, 9.17) is 0 Å².